The van der Waals surface area contributed by atoms with E-state index >= 15 is 0 Å². The highest BCUT2D eigenvalue weighted by Crippen LogP contribution is 2.27. The molecule has 0 saturated carbocycles. The first-order chi connectivity index (χ1) is 13.5. The van der Waals surface area contributed by atoms with Crippen LogP contribution < -0.4 is 0 Å². The molecule has 0 bridgehead atoms. The van der Waals surface area contributed by atoms with E-state index in [0.29, 0.717) is 11.4 Å². The quantitative estimate of drug-likeness (QED) is 0.530. The minimum Gasteiger partial charge on any atom is -0.300 e. The second-order valence-electron chi connectivity index (χ2n) is 7.15. The van der Waals surface area contributed by atoms with Crippen LogP contribution in [0.15, 0.2) is 63.3 Å². The van der Waals surface area contributed by atoms with Crippen molar-refractivity contribution < 1.29 is 8.42 Å². The lowest BCUT2D eigenvalue weighted by Gasteiger charge is -2.34. The van der Waals surface area contributed by atoms with E-state index in [1.54, 1.807) is 35.6 Å². The van der Waals surface area contributed by atoms with E-state index in [9.17, 15) is 8.42 Å². The van der Waals surface area contributed by atoms with E-state index in [0.717, 1.165) is 37.2 Å². The zero-order valence-electron chi connectivity index (χ0n) is 15.6. The van der Waals surface area contributed by atoms with Crippen molar-refractivity contribution in [2.75, 3.05) is 38.5 Å². The van der Waals surface area contributed by atoms with E-state index in [1.165, 1.54) is 15.6 Å². The van der Waals surface area contributed by atoms with E-state index in [4.69, 9.17) is 0 Å². The second-order valence-corrected chi connectivity index (χ2v) is 11.1. The number of rotatable bonds is 6. The third kappa shape index (κ3) is 4.66. The topological polar surface area (TPSA) is 40.6 Å². The van der Waals surface area contributed by atoms with Crippen LogP contribution in [0, 0.1) is 0 Å². The van der Waals surface area contributed by atoms with Gasteiger partial charge in [0.25, 0.3) is 0 Å². The Labute approximate surface area is 178 Å². The Morgan fingerprint density at radius 1 is 0.929 bits per heavy atom. The molecule has 0 spiro atoms. The van der Waals surface area contributed by atoms with Gasteiger partial charge in [-0.2, -0.15) is 0 Å². The largest absolute Gasteiger partial charge is 0.300 e. The summed E-state index contributed by atoms with van der Waals surface area (Å²) in [6, 6.07) is 15.5. The number of halogens is 1. The lowest BCUT2D eigenvalue weighted by molar-refractivity contribution is 0.133. The van der Waals surface area contributed by atoms with Gasteiger partial charge >= 0.3 is 0 Å². The smallest absolute Gasteiger partial charge is 0.179 e. The molecule has 0 unspecified atom stereocenters. The van der Waals surface area contributed by atoms with Crippen LogP contribution in [-0.4, -0.2) is 56.7 Å². The zero-order valence-corrected chi connectivity index (χ0v) is 18.8. The van der Waals surface area contributed by atoms with E-state index in [2.05, 4.69) is 55.4 Å². The summed E-state index contributed by atoms with van der Waals surface area (Å²) >= 11 is 5.15. The SMILES string of the molecule is O=S(=O)(CCN1CCN(Cc2csc3ccccc23)CC1)c1ccc(Br)cc1. The molecule has 7 heteroatoms. The molecule has 1 fully saturated rings. The lowest BCUT2D eigenvalue weighted by Crippen LogP contribution is -2.47. The van der Waals surface area contributed by atoms with Crippen LogP contribution in [-0.2, 0) is 16.4 Å². The molecule has 3 aromatic rings. The third-order valence-corrected chi connectivity index (χ3v) is 8.52. The number of thiophene rings is 1. The summed E-state index contributed by atoms with van der Waals surface area (Å²) in [6.07, 6.45) is 0. The van der Waals surface area contributed by atoms with Crippen molar-refractivity contribution in [2.24, 2.45) is 0 Å². The molecule has 2 aromatic carbocycles. The molecular formula is C21H23BrN2O2S2. The summed E-state index contributed by atoms with van der Waals surface area (Å²) in [5, 5.41) is 3.62. The molecule has 1 saturated heterocycles. The molecule has 0 aliphatic carbocycles. The lowest BCUT2D eigenvalue weighted by atomic mass is 10.1. The first-order valence-electron chi connectivity index (χ1n) is 9.39. The molecule has 2 heterocycles. The van der Waals surface area contributed by atoms with Crippen LogP contribution in [0.1, 0.15) is 5.56 Å². The number of nitrogens with zero attached hydrogens (tertiary/aromatic N) is 2. The fourth-order valence-corrected chi connectivity index (χ4v) is 6.08. The Morgan fingerprint density at radius 3 is 2.36 bits per heavy atom. The number of piperazine rings is 1. The predicted molar refractivity (Wildman–Crippen MR) is 120 cm³/mol. The van der Waals surface area contributed by atoms with E-state index in [-0.39, 0.29) is 5.75 Å². The molecule has 1 aliphatic heterocycles. The van der Waals surface area contributed by atoms with Crippen LogP contribution in [0.3, 0.4) is 0 Å². The highest BCUT2D eigenvalue weighted by molar-refractivity contribution is 9.10. The van der Waals surface area contributed by atoms with Crippen molar-refractivity contribution in [1.82, 2.24) is 9.80 Å². The number of hydrogen-bond acceptors (Lipinski definition) is 5. The van der Waals surface area contributed by atoms with Crippen molar-refractivity contribution >= 4 is 47.2 Å². The van der Waals surface area contributed by atoms with Crippen molar-refractivity contribution in [2.45, 2.75) is 11.4 Å². The second kappa shape index (κ2) is 8.63. The van der Waals surface area contributed by atoms with Crippen LogP contribution in [0.25, 0.3) is 10.1 Å². The molecule has 0 amide bonds. The Bertz CT molecular complexity index is 1040. The van der Waals surface area contributed by atoms with Crippen LogP contribution >= 0.6 is 27.3 Å². The normalized spacial score (nSPS) is 16.6. The maximum atomic E-state index is 12.5. The Morgan fingerprint density at radius 2 is 1.61 bits per heavy atom. The first-order valence-corrected chi connectivity index (χ1v) is 12.7. The molecule has 28 heavy (non-hydrogen) atoms. The van der Waals surface area contributed by atoms with Gasteiger partial charge in [0.1, 0.15) is 0 Å². The summed E-state index contributed by atoms with van der Waals surface area (Å²) in [7, 11) is -3.23. The Kier molecular flexibility index (Phi) is 6.18. The number of benzene rings is 2. The predicted octanol–water partition coefficient (Wildman–Crippen LogP) is 4.26. The molecule has 1 aliphatic rings. The van der Waals surface area contributed by atoms with Crippen molar-refractivity contribution in [3.05, 3.63) is 63.9 Å². The van der Waals surface area contributed by atoms with E-state index < -0.39 is 9.84 Å². The highest BCUT2D eigenvalue weighted by Gasteiger charge is 2.21. The summed E-state index contributed by atoms with van der Waals surface area (Å²) in [5.41, 5.74) is 1.40. The zero-order chi connectivity index (χ0) is 19.6. The molecule has 0 N–H and O–H groups in total. The average molecular weight is 479 g/mol. The van der Waals surface area contributed by atoms with Crippen LogP contribution in [0.2, 0.25) is 0 Å². The minimum atomic E-state index is -3.23. The minimum absolute atomic E-state index is 0.170. The third-order valence-electron chi connectivity index (χ3n) is 5.27. The fourth-order valence-electron chi connectivity index (χ4n) is 3.58. The van der Waals surface area contributed by atoms with Crippen molar-refractivity contribution in [1.29, 1.82) is 0 Å². The van der Waals surface area contributed by atoms with Crippen LogP contribution in [0.5, 0.6) is 0 Å². The van der Waals surface area contributed by atoms with Gasteiger partial charge in [-0.3, -0.25) is 9.80 Å². The summed E-state index contributed by atoms with van der Waals surface area (Å²) in [4.78, 5) is 5.13. The van der Waals surface area contributed by atoms with Gasteiger partial charge in [0.2, 0.25) is 0 Å². The van der Waals surface area contributed by atoms with Gasteiger partial charge in [-0.1, -0.05) is 34.1 Å². The van der Waals surface area contributed by atoms with Crippen molar-refractivity contribution in [3.63, 3.8) is 0 Å². The maximum absolute atomic E-state index is 12.5. The fraction of sp³-hybridized carbons (Fsp3) is 0.333. The summed E-state index contributed by atoms with van der Waals surface area (Å²) in [6.45, 7) is 5.34. The molecule has 1 aromatic heterocycles. The Hall–Kier alpha value is -1.25. The van der Waals surface area contributed by atoms with Gasteiger partial charge in [0, 0.05) is 48.4 Å². The maximum Gasteiger partial charge on any atom is 0.179 e. The Balaban J connectivity index is 1.29. The highest BCUT2D eigenvalue weighted by atomic mass is 79.9. The summed E-state index contributed by atoms with van der Waals surface area (Å²) < 4.78 is 27.3. The van der Waals surface area contributed by atoms with Crippen molar-refractivity contribution in [3.8, 4) is 0 Å². The molecule has 148 valence electrons. The van der Waals surface area contributed by atoms with Gasteiger partial charge in [0.15, 0.2) is 9.84 Å². The van der Waals surface area contributed by atoms with Gasteiger partial charge in [-0.25, -0.2) is 8.42 Å². The molecule has 4 rings (SSSR count). The monoisotopic (exact) mass is 478 g/mol. The van der Waals surface area contributed by atoms with Crippen LogP contribution in [0.4, 0.5) is 0 Å². The summed E-state index contributed by atoms with van der Waals surface area (Å²) in [5.74, 6) is 0.170. The van der Waals surface area contributed by atoms with Gasteiger partial charge in [-0.15, -0.1) is 11.3 Å². The molecule has 0 radical (unpaired) electrons. The molecule has 0 atom stereocenters. The van der Waals surface area contributed by atoms with Gasteiger partial charge < -0.3 is 0 Å². The molecule has 4 nitrogen and oxygen atoms in total. The van der Waals surface area contributed by atoms with Gasteiger partial charge in [-0.05, 0) is 46.7 Å². The first kappa shape index (κ1) is 20.0. The number of hydrogen-bond donors (Lipinski definition) is 0. The van der Waals surface area contributed by atoms with E-state index in [1.807, 2.05) is 0 Å². The van der Waals surface area contributed by atoms with Gasteiger partial charge in [0.05, 0.1) is 10.6 Å². The molecular weight excluding hydrogens is 456 g/mol. The average Bonchev–Trinajstić information content (AvgIpc) is 3.11. The number of sulfone groups is 1. The standard InChI is InChI=1S/C21H23BrN2O2S2/c22-18-5-7-19(8-6-18)28(25,26)14-13-23-9-11-24(12-10-23)15-17-16-27-21-4-2-1-3-20(17)21/h1-8,16H,9-15H2. The number of fused-ring (bicyclic) bond motifs is 1.